The van der Waals surface area contributed by atoms with E-state index in [0.717, 1.165) is 47.9 Å². The molecule has 2 atom stereocenters. The van der Waals surface area contributed by atoms with Crippen LogP contribution in [0.3, 0.4) is 0 Å². The maximum absolute atomic E-state index is 12.3. The number of aryl methyl sites for hydroxylation is 1. The molecule has 1 saturated heterocycles. The largest absolute Gasteiger partial charge is 0.489 e. The first-order valence-corrected chi connectivity index (χ1v) is 11.3. The fourth-order valence-electron chi connectivity index (χ4n) is 3.45. The first kappa shape index (κ1) is 26.9. The molecule has 2 aromatic rings. The maximum atomic E-state index is 12.3. The second kappa shape index (κ2) is 14.0. The Morgan fingerprint density at radius 1 is 1.21 bits per heavy atom. The molecule has 3 rings (SSSR count). The summed E-state index contributed by atoms with van der Waals surface area (Å²) in [4.78, 5) is 17.0. The molecule has 0 aromatic heterocycles. The van der Waals surface area contributed by atoms with Gasteiger partial charge in [-0.2, -0.15) is 0 Å². The van der Waals surface area contributed by atoms with Crippen molar-refractivity contribution in [3.05, 3.63) is 59.7 Å². The van der Waals surface area contributed by atoms with Crippen molar-refractivity contribution in [1.29, 1.82) is 0 Å². The number of para-hydroxylation sites is 1. The monoisotopic (exact) mass is 566 g/mol. The van der Waals surface area contributed by atoms with Gasteiger partial charge in [0.05, 0.1) is 13.1 Å². The Morgan fingerprint density at radius 3 is 2.76 bits per heavy atom. The van der Waals surface area contributed by atoms with Crippen molar-refractivity contribution in [2.45, 2.75) is 52.4 Å². The molecular weight excluding hydrogens is 531 g/mol. The Bertz CT molecular complexity index is 916. The van der Waals surface area contributed by atoms with Crippen LogP contribution in [0.4, 0.5) is 5.69 Å². The van der Waals surface area contributed by atoms with E-state index >= 15 is 0 Å². The molecule has 1 heterocycles. The van der Waals surface area contributed by atoms with Gasteiger partial charge in [-0.3, -0.25) is 4.79 Å². The summed E-state index contributed by atoms with van der Waals surface area (Å²) in [6, 6.07) is 15.8. The maximum Gasteiger partial charge on any atom is 0.253 e. The van der Waals surface area contributed by atoms with Gasteiger partial charge in [0.1, 0.15) is 18.0 Å². The number of carbonyl (C=O) groups is 1. The van der Waals surface area contributed by atoms with E-state index in [1.54, 1.807) is 0 Å². The zero-order valence-electron chi connectivity index (χ0n) is 19.6. The average molecular weight is 566 g/mol. The van der Waals surface area contributed by atoms with Crippen molar-refractivity contribution in [2.75, 3.05) is 25.0 Å². The lowest BCUT2D eigenvalue weighted by molar-refractivity contribution is -0.124. The molecule has 3 N–H and O–H groups in total. The van der Waals surface area contributed by atoms with E-state index in [9.17, 15) is 4.79 Å². The summed E-state index contributed by atoms with van der Waals surface area (Å²) in [5.74, 6) is 1.54. The number of hydrogen-bond donors (Lipinski definition) is 3. The van der Waals surface area contributed by atoms with Gasteiger partial charge in [-0.05, 0) is 62.9 Å². The smallest absolute Gasteiger partial charge is 0.253 e. The van der Waals surface area contributed by atoms with Gasteiger partial charge in [0.2, 0.25) is 0 Å². The minimum Gasteiger partial charge on any atom is -0.489 e. The summed E-state index contributed by atoms with van der Waals surface area (Å²) in [6.45, 7) is 8.63. The summed E-state index contributed by atoms with van der Waals surface area (Å²) in [6.07, 6.45) is 1.35. The SMILES string of the molecule is CCNC(=NCc1cccc(NC(=O)C2CCCO2)c1)NCC(C)Oc1ccccc1C.I. The summed E-state index contributed by atoms with van der Waals surface area (Å²) in [7, 11) is 0. The zero-order chi connectivity index (χ0) is 22.8. The molecule has 7 nitrogen and oxygen atoms in total. The Labute approximate surface area is 213 Å². The van der Waals surface area contributed by atoms with Crippen LogP contribution in [0.1, 0.15) is 37.8 Å². The number of ether oxygens (including phenoxy) is 2. The number of hydrogen-bond acceptors (Lipinski definition) is 4. The first-order valence-electron chi connectivity index (χ1n) is 11.3. The van der Waals surface area contributed by atoms with Crippen molar-refractivity contribution in [3.8, 4) is 5.75 Å². The Morgan fingerprint density at radius 2 is 2.03 bits per heavy atom. The highest BCUT2D eigenvalue weighted by molar-refractivity contribution is 14.0. The minimum atomic E-state index is -0.342. The van der Waals surface area contributed by atoms with E-state index < -0.39 is 0 Å². The number of guanidine groups is 1. The van der Waals surface area contributed by atoms with Crippen LogP contribution in [0.25, 0.3) is 0 Å². The molecule has 1 fully saturated rings. The van der Waals surface area contributed by atoms with E-state index in [1.807, 2.05) is 69.3 Å². The molecule has 1 aliphatic heterocycles. The molecule has 8 heteroatoms. The van der Waals surface area contributed by atoms with Crippen LogP contribution in [-0.4, -0.2) is 43.8 Å². The highest BCUT2D eigenvalue weighted by Gasteiger charge is 2.23. The van der Waals surface area contributed by atoms with Crippen LogP contribution in [0.15, 0.2) is 53.5 Å². The molecule has 0 saturated carbocycles. The topological polar surface area (TPSA) is 84.0 Å². The highest BCUT2D eigenvalue weighted by Crippen LogP contribution is 2.18. The van der Waals surface area contributed by atoms with Crippen molar-refractivity contribution < 1.29 is 14.3 Å². The van der Waals surface area contributed by atoms with Gasteiger partial charge >= 0.3 is 0 Å². The van der Waals surface area contributed by atoms with E-state index in [2.05, 4.69) is 20.9 Å². The van der Waals surface area contributed by atoms with Gasteiger partial charge in [-0.25, -0.2) is 4.99 Å². The third-order valence-corrected chi connectivity index (χ3v) is 5.16. The molecule has 1 aliphatic rings. The van der Waals surface area contributed by atoms with Gasteiger partial charge < -0.3 is 25.4 Å². The number of anilines is 1. The van der Waals surface area contributed by atoms with Gasteiger partial charge in [0.25, 0.3) is 5.91 Å². The predicted octanol–water partition coefficient (Wildman–Crippen LogP) is 4.25. The van der Waals surface area contributed by atoms with Crippen LogP contribution in [-0.2, 0) is 16.1 Å². The van der Waals surface area contributed by atoms with Crippen LogP contribution < -0.4 is 20.7 Å². The quantitative estimate of drug-likeness (QED) is 0.240. The zero-order valence-corrected chi connectivity index (χ0v) is 21.9. The van der Waals surface area contributed by atoms with Crippen molar-refractivity contribution in [3.63, 3.8) is 0 Å². The Balaban J connectivity index is 0.00000385. The number of amides is 1. The van der Waals surface area contributed by atoms with Crippen LogP contribution in [0, 0.1) is 6.92 Å². The van der Waals surface area contributed by atoms with Gasteiger partial charge in [0.15, 0.2) is 5.96 Å². The predicted molar refractivity (Wildman–Crippen MR) is 144 cm³/mol. The van der Waals surface area contributed by atoms with Gasteiger partial charge in [-0.15, -0.1) is 24.0 Å². The number of carbonyl (C=O) groups excluding carboxylic acids is 1. The molecule has 0 bridgehead atoms. The fraction of sp³-hybridized carbons (Fsp3) is 0.440. The summed E-state index contributed by atoms with van der Waals surface area (Å²) < 4.78 is 11.5. The summed E-state index contributed by atoms with van der Waals surface area (Å²) >= 11 is 0. The Hall–Kier alpha value is -2.33. The van der Waals surface area contributed by atoms with Crippen molar-refractivity contribution >= 4 is 41.5 Å². The minimum absolute atomic E-state index is 0. The van der Waals surface area contributed by atoms with E-state index in [4.69, 9.17) is 9.47 Å². The van der Waals surface area contributed by atoms with E-state index in [-0.39, 0.29) is 42.1 Å². The van der Waals surface area contributed by atoms with Crippen molar-refractivity contribution in [1.82, 2.24) is 10.6 Å². The van der Waals surface area contributed by atoms with Gasteiger partial charge in [0, 0.05) is 18.8 Å². The lowest BCUT2D eigenvalue weighted by atomic mass is 10.2. The molecule has 180 valence electrons. The number of halogens is 1. The summed E-state index contributed by atoms with van der Waals surface area (Å²) in [5, 5.41) is 9.55. The first-order chi connectivity index (χ1) is 15.5. The van der Waals surface area contributed by atoms with E-state index in [1.165, 1.54) is 0 Å². The molecule has 1 amide bonds. The standard InChI is InChI=1S/C25H34N4O3.HI/c1-4-26-25(27-16-19(3)32-22-12-6-5-9-18(22)2)28-17-20-10-7-11-21(15-20)29-24(30)23-13-8-14-31-23;/h5-7,9-12,15,19,23H,4,8,13-14,16-17H2,1-3H3,(H,29,30)(H2,26,27,28);1H. The van der Waals surface area contributed by atoms with Crippen molar-refractivity contribution in [2.24, 2.45) is 4.99 Å². The molecule has 2 unspecified atom stereocenters. The number of rotatable bonds is 9. The third-order valence-electron chi connectivity index (χ3n) is 5.16. The molecule has 33 heavy (non-hydrogen) atoms. The normalized spacial score (nSPS) is 16.5. The molecule has 2 aromatic carbocycles. The molecular formula is C25H35IN4O3. The third kappa shape index (κ3) is 8.85. The molecule has 0 radical (unpaired) electrons. The summed E-state index contributed by atoms with van der Waals surface area (Å²) in [5.41, 5.74) is 2.89. The van der Waals surface area contributed by atoms with Crippen LogP contribution in [0.2, 0.25) is 0 Å². The molecule has 0 spiro atoms. The highest BCUT2D eigenvalue weighted by atomic mass is 127. The lowest BCUT2D eigenvalue weighted by Crippen LogP contribution is -2.41. The Kier molecular flexibility index (Phi) is 11.5. The van der Waals surface area contributed by atoms with Crippen LogP contribution >= 0.6 is 24.0 Å². The molecule has 0 aliphatic carbocycles. The number of nitrogens with one attached hydrogen (secondary N) is 3. The average Bonchev–Trinajstić information content (AvgIpc) is 3.33. The fourth-order valence-corrected chi connectivity index (χ4v) is 3.45. The van der Waals surface area contributed by atoms with Crippen LogP contribution in [0.5, 0.6) is 5.75 Å². The number of benzene rings is 2. The second-order valence-corrected chi connectivity index (χ2v) is 7.96. The lowest BCUT2D eigenvalue weighted by Gasteiger charge is -2.18. The van der Waals surface area contributed by atoms with Gasteiger partial charge in [-0.1, -0.05) is 30.3 Å². The second-order valence-electron chi connectivity index (χ2n) is 7.96. The van der Waals surface area contributed by atoms with E-state index in [0.29, 0.717) is 19.7 Å². The number of nitrogens with zero attached hydrogens (tertiary/aromatic N) is 1. The number of aliphatic imine (C=N–C) groups is 1.